The van der Waals surface area contributed by atoms with Gasteiger partial charge in [0.05, 0.1) is 5.69 Å². The van der Waals surface area contributed by atoms with E-state index >= 15 is 0 Å². The number of hydrogen-bond donors (Lipinski definition) is 2. The van der Waals surface area contributed by atoms with Crippen molar-refractivity contribution in [2.24, 2.45) is 0 Å². The van der Waals surface area contributed by atoms with Gasteiger partial charge in [-0.1, -0.05) is 6.07 Å². The Balaban J connectivity index is 2.74. The van der Waals surface area contributed by atoms with Crippen LogP contribution in [0.25, 0.3) is 0 Å². The topological polar surface area (TPSA) is 55.5 Å². The predicted molar refractivity (Wildman–Crippen MR) is 59.8 cm³/mol. The lowest BCUT2D eigenvalue weighted by atomic mass is 9.83. The van der Waals surface area contributed by atoms with Crippen LogP contribution in [0.4, 0.5) is 32.2 Å². The second-order valence-corrected chi connectivity index (χ2v) is 4.24. The number of anilines is 1. The molecule has 114 valence electrons. The van der Waals surface area contributed by atoms with Crippen LogP contribution in [0.5, 0.6) is 5.75 Å². The van der Waals surface area contributed by atoms with Crippen LogP contribution < -0.4 is 5.73 Å². The molecule has 1 aromatic carbocycles. The minimum absolute atomic E-state index is 0.459. The second kappa shape index (κ2) is 4.99. The van der Waals surface area contributed by atoms with Crippen molar-refractivity contribution in [2.45, 2.75) is 11.8 Å². The van der Waals surface area contributed by atoms with Gasteiger partial charge >= 0.3 is 0 Å². The Labute approximate surface area is 113 Å². The normalized spacial score (nSPS) is 26.5. The van der Waals surface area contributed by atoms with Crippen molar-refractivity contribution in [3.63, 3.8) is 0 Å². The van der Waals surface area contributed by atoms with Gasteiger partial charge in [0.15, 0.2) is 29.5 Å². The number of benzene rings is 1. The van der Waals surface area contributed by atoms with Crippen LogP contribution in [-0.2, 0) is 10.5 Å². The molecular weight excluding hydrogens is 304 g/mol. The van der Waals surface area contributed by atoms with Crippen molar-refractivity contribution in [3.05, 3.63) is 47.1 Å². The smallest absolute Gasteiger partial charge is 0.225 e. The van der Waals surface area contributed by atoms with E-state index in [0.29, 0.717) is 6.07 Å². The molecule has 0 bridgehead atoms. The van der Waals surface area contributed by atoms with Gasteiger partial charge in [0.1, 0.15) is 5.75 Å². The standard InChI is InChI=1S/C12H7F6NO2/c13-7-8(14)10(16)12(21-18,11(17)9(7)15)4-1-2-6(20)5(19)3-4/h1-3,10,20H,19H2. The van der Waals surface area contributed by atoms with Crippen molar-refractivity contribution in [3.8, 4) is 5.75 Å². The van der Waals surface area contributed by atoms with E-state index in [-0.39, 0.29) is 0 Å². The molecule has 21 heavy (non-hydrogen) atoms. The number of phenols is 1. The molecule has 0 saturated heterocycles. The van der Waals surface area contributed by atoms with E-state index in [9.17, 15) is 31.6 Å². The molecule has 2 rings (SSSR count). The minimum Gasteiger partial charge on any atom is -0.506 e. The average molecular weight is 311 g/mol. The lowest BCUT2D eigenvalue weighted by Crippen LogP contribution is -2.42. The summed E-state index contributed by atoms with van der Waals surface area (Å²) in [6.45, 7) is 0. The highest BCUT2D eigenvalue weighted by Gasteiger charge is 2.57. The number of phenolic OH excluding ortho intramolecular Hbond substituents is 1. The van der Waals surface area contributed by atoms with Gasteiger partial charge in [-0.3, -0.25) is 0 Å². The Morgan fingerprint density at radius 1 is 1.14 bits per heavy atom. The summed E-state index contributed by atoms with van der Waals surface area (Å²) >= 11 is 0. The van der Waals surface area contributed by atoms with E-state index in [1.165, 1.54) is 0 Å². The van der Waals surface area contributed by atoms with Crippen LogP contribution in [-0.4, -0.2) is 11.3 Å². The Morgan fingerprint density at radius 3 is 2.29 bits per heavy atom. The van der Waals surface area contributed by atoms with Crippen LogP contribution in [0.3, 0.4) is 0 Å². The summed E-state index contributed by atoms with van der Waals surface area (Å²) in [7, 11) is 0. The van der Waals surface area contributed by atoms with E-state index in [2.05, 4.69) is 4.94 Å². The minimum atomic E-state index is -3.52. The SMILES string of the molecule is Nc1cc(C2(OF)C(F)=C(F)C(F)=C(F)C2F)ccc1O. The summed E-state index contributed by atoms with van der Waals surface area (Å²) in [4.78, 5) is 3.15. The molecular formula is C12H7F6NO2. The fourth-order valence-corrected chi connectivity index (χ4v) is 1.94. The zero-order valence-corrected chi connectivity index (χ0v) is 10.0. The fourth-order valence-electron chi connectivity index (χ4n) is 1.94. The third kappa shape index (κ3) is 1.96. The zero-order valence-electron chi connectivity index (χ0n) is 10.0. The molecule has 0 aliphatic heterocycles. The van der Waals surface area contributed by atoms with Gasteiger partial charge in [-0.2, -0.15) is 4.94 Å². The molecule has 0 heterocycles. The highest BCUT2D eigenvalue weighted by molar-refractivity contribution is 5.57. The fraction of sp³-hybridized carbons (Fsp3) is 0.167. The highest BCUT2D eigenvalue weighted by atomic mass is 19.3. The molecule has 3 nitrogen and oxygen atoms in total. The molecule has 9 heteroatoms. The van der Waals surface area contributed by atoms with E-state index in [1.54, 1.807) is 0 Å². The van der Waals surface area contributed by atoms with Crippen LogP contribution in [0, 0.1) is 0 Å². The van der Waals surface area contributed by atoms with Crippen molar-refractivity contribution < 1.29 is 36.5 Å². The Kier molecular flexibility index (Phi) is 3.62. The summed E-state index contributed by atoms with van der Waals surface area (Å²) in [5.74, 6) is -10.1. The van der Waals surface area contributed by atoms with Gasteiger partial charge in [0.25, 0.3) is 0 Å². The van der Waals surface area contributed by atoms with Crippen molar-refractivity contribution in [1.82, 2.24) is 0 Å². The third-order valence-corrected chi connectivity index (χ3v) is 3.08. The molecule has 2 unspecified atom stereocenters. The number of allylic oxidation sites excluding steroid dienone is 2. The molecule has 0 aromatic heterocycles. The summed E-state index contributed by atoms with van der Waals surface area (Å²) in [5.41, 5.74) is 0.496. The summed E-state index contributed by atoms with van der Waals surface area (Å²) in [6, 6.07) is 2.17. The third-order valence-electron chi connectivity index (χ3n) is 3.08. The molecule has 0 amide bonds. The van der Waals surface area contributed by atoms with E-state index in [1.807, 2.05) is 0 Å². The predicted octanol–water partition coefficient (Wildman–Crippen LogP) is 3.72. The van der Waals surface area contributed by atoms with Crippen LogP contribution >= 0.6 is 0 Å². The summed E-state index contributed by atoms with van der Waals surface area (Å²) < 4.78 is 80.1. The van der Waals surface area contributed by atoms with Gasteiger partial charge in [-0.15, -0.1) is 0 Å². The first-order chi connectivity index (χ1) is 9.77. The monoisotopic (exact) mass is 311 g/mol. The maximum absolute atomic E-state index is 13.9. The van der Waals surface area contributed by atoms with Gasteiger partial charge in [-0.05, 0) is 16.7 Å². The Bertz CT molecular complexity index is 659. The number of nitrogens with two attached hydrogens (primary N) is 1. The molecule has 0 saturated carbocycles. The van der Waals surface area contributed by atoms with Crippen molar-refractivity contribution in [2.75, 3.05) is 5.73 Å². The lowest BCUT2D eigenvalue weighted by Gasteiger charge is -2.33. The van der Waals surface area contributed by atoms with Crippen molar-refractivity contribution >= 4 is 5.69 Å². The van der Waals surface area contributed by atoms with E-state index in [4.69, 9.17) is 5.73 Å². The number of halogens is 6. The number of nitrogen functional groups attached to an aromatic ring is 1. The van der Waals surface area contributed by atoms with Crippen LogP contribution in [0.2, 0.25) is 0 Å². The first-order valence-corrected chi connectivity index (χ1v) is 5.41. The molecule has 0 spiro atoms. The Morgan fingerprint density at radius 2 is 1.76 bits per heavy atom. The number of hydrogen-bond acceptors (Lipinski definition) is 3. The summed E-state index contributed by atoms with van der Waals surface area (Å²) in [5, 5.41) is 9.20. The quantitative estimate of drug-likeness (QED) is 0.497. The average Bonchev–Trinajstić information content (AvgIpc) is 2.48. The number of alkyl halides is 1. The van der Waals surface area contributed by atoms with Crippen LogP contribution in [0.15, 0.2) is 41.5 Å². The molecule has 1 aliphatic rings. The summed E-state index contributed by atoms with van der Waals surface area (Å²) in [6.07, 6.45) is -3.33. The van der Waals surface area contributed by atoms with Crippen LogP contribution in [0.1, 0.15) is 5.56 Å². The highest BCUT2D eigenvalue weighted by Crippen LogP contribution is 2.50. The maximum Gasteiger partial charge on any atom is 0.225 e. The van der Waals surface area contributed by atoms with Crippen molar-refractivity contribution in [1.29, 1.82) is 0 Å². The lowest BCUT2D eigenvalue weighted by molar-refractivity contribution is -0.254. The van der Waals surface area contributed by atoms with Gasteiger partial charge in [0.2, 0.25) is 5.60 Å². The first kappa shape index (κ1) is 15.2. The second-order valence-electron chi connectivity index (χ2n) is 4.24. The van der Waals surface area contributed by atoms with E-state index < -0.39 is 52.1 Å². The van der Waals surface area contributed by atoms with Gasteiger partial charge in [-0.25, -0.2) is 22.0 Å². The molecule has 0 fully saturated rings. The zero-order chi connectivity index (χ0) is 15.9. The molecule has 1 aliphatic carbocycles. The largest absolute Gasteiger partial charge is 0.506 e. The van der Waals surface area contributed by atoms with Gasteiger partial charge < -0.3 is 10.8 Å². The van der Waals surface area contributed by atoms with Gasteiger partial charge in [0, 0.05) is 5.56 Å². The van der Waals surface area contributed by atoms with E-state index in [0.717, 1.165) is 12.1 Å². The maximum atomic E-state index is 13.9. The number of rotatable bonds is 2. The Hall–Kier alpha value is -2.16. The molecule has 1 aromatic rings. The molecule has 2 atom stereocenters. The molecule has 3 N–H and O–H groups in total. The molecule has 0 radical (unpaired) electrons. The first-order valence-electron chi connectivity index (χ1n) is 5.41. The number of aromatic hydroxyl groups is 1.